The van der Waals surface area contributed by atoms with E-state index in [1.54, 1.807) is 19.3 Å². The summed E-state index contributed by atoms with van der Waals surface area (Å²) in [6.07, 6.45) is 7.91. The highest BCUT2D eigenvalue weighted by molar-refractivity contribution is 14.0. The Balaban J connectivity index is 0.00000306. The van der Waals surface area contributed by atoms with E-state index in [2.05, 4.69) is 44.9 Å². The number of benzene rings is 2. The van der Waals surface area contributed by atoms with Crippen LogP contribution in [0.2, 0.25) is 0 Å². The van der Waals surface area contributed by atoms with Gasteiger partial charge >= 0.3 is 0 Å². The number of nitrogens with one attached hydrogen (secondary N) is 2. The zero-order chi connectivity index (χ0) is 22.3. The van der Waals surface area contributed by atoms with Crippen molar-refractivity contribution in [3.8, 4) is 5.75 Å². The molecule has 1 atom stereocenters. The van der Waals surface area contributed by atoms with E-state index in [-0.39, 0.29) is 35.8 Å². The Kier molecular flexibility index (Phi) is 9.11. The predicted molar refractivity (Wildman–Crippen MR) is 140 cm³/mol. The van der Waals surface area contributed by atoms with E-state index in [4.69, 9.17) is 4.74 Å². The van der Waals surface area contributed by atoms with Crippen molar-refractivity contribution in [1.82, 2.24) is 20.2 Å². The maximum atomic E-state index is 14.4. The highest BCUT2D eigenvalue weighted by Gasteiger charge is 2.22. The van der Waals surface area contributed by atoms with Crippen LogP contribution in [0.4, 0.5) is 4.39 Å². The lowest BCUT2D eigenvalue weighted by Crippen LogP contribution is -2.38. The molecule has 1 aromatic heterocycles. The Morgan fingerprint density at radius 2 is 1.97 bits per heavy atom. The molecule has 0 amide bonds. The summed E-state index contributed by atoms with van der Waals surface area (Å²) in [6.45, 7) is 4.03. The Morgan fingerprint density at radius 1 is 1.21 bits per heavy atom. The zero-order valence-electron chi connectivity index (χ0n) is 19.0. The second kappa shape index (κ2) is 12.0. The molecule has 0 aliphatic heterocycles. The smallest absolute Gasteiger partial charge is 0.191 e. The summed E-state index contributed by atoms with van der Waals surface area (Å²) in [5, 5.41) is 6.64. The zero-order valence-corrected chi connectivity index (χ0v) is 21.3. The Morgan fingerprint density at radius 3 is 2.61 bits per heavy atom. The topological polar surface area (TPSA) is 63.5 Å². The number of guanidine groups is 1. The van der Waals surface area contributed by atoms with E-state index in [1.807, 2.05) is 30.1 Å². The van der Waals surface area contributed by atoms with Gasteiger partial charge in [0.1, 0.15) is 0 Å². The van der Waals surface area contributed by atoms with Gasteiger partial charge in [-0.1, -0.05) is 30.3 Å². The van der Waals surface area contributed by atoms with Gasteiger partial charge in [-0.15, -0.1) is 24.0 Å². The third-order valence-electron chi connectivity index (χ3n) is 5.61. The third-order valence-corrected chi connectivity index (χ3v) is 5.61. The first kappa shape index (κ1) is 25.0. The van der Waals surface area contributed by atoms with Crippen molar-refractivity contribution in [1.29, 1.82) is 0 Å². The first-order valence-corrected chi connectivity index (χ1v) is 11.0. The van der Waals surface area contributed by atoms with Crippen molar-refractivity contribution in [3.63, 3.8) is 0 Å². The molecule has 1 fully saturated rings. The number of nitrogens with zero attached hydrogens (tertiary/aromatic N) is 3. The van der Waals surface area contributed by atoms with Crippen LogP contribution in [0.5, 0.6) is 5.75 Å². The fourth-order valence-electron chi connectivity index (χ4n) is 3.42. The van der Waals surface area contributed by atoms with Crippen LogP contribution in [-0.4, -0.2) is 29.2 Å². The van der Waals surface area contributed by atoms with Gasteiger partial charge in [-0.2, -0.15) is 0 Å². The van der Waals surface area contributed by atoms with Crippen LogP contribution >= 0.6 is 24.0 Å². The molecule has 0 radical (unpaired) electrons. The Bertz CT molecular complexity index is 1040. The van der Waals surface area contributed by atoms with Gasteiger partial charge < -0.3 is 19.9 Å². The lowest BCUT2D eigenvalue weighted by atomic mass is 10.1. The lowest BCUT2D eigenvalue weighted by molar-refractivity contribution is 0.285. The molecule has 1 aliphatic rings. The van der Waals surface area contributed by atoms with Gasteiger partial charge in [-0.25, -0.2) is 9.37 Å². The van der Waals surface area contributed by atoms with Gasteiger partial charge in [-0.3, -0.25) is 4.99 Å². The molecular weight excluding hydrogens is 532 g/mol. The molecule has 176 valence electrons. The lowest BCUT2D eigenvalue weighted by Gasteiger charge is -2.19. The molecule has 1 saturated carbocycles. The highest BCUT2D eigenvalue weighted by atomic mass is 127. The SMILES string of the molecule is CN=C(NCc1ccc(Cn2ccnc2)cc1)NC(C)c1ccc(OCC2CC2)c(F)c1.I. The number of hydrogen-bond donors (Lipinski definition) is 2. The van der Waals surface area contributed by atoms with Crippen LogP contribution in [0.25, 0.3) is 0 Å². The van der Waals surface area contributed by atoms with Gasteiger partial charge in [0.05, 0.1) is 19.0 Å². The quantitative estimate of drug-likeness (QED) is 0.221. The van der Waals surface area contributed by atoms with Crippen LogP contribution in [0.1, 0.15) is 42.5 Å². The average molecular weight is 563 g/mol. The maximum Gasteiger partial charge on any atom is 0.191 e. The molecule has 33 heavy (non-hydrogen) atoms. The number of rotatable bonds is 9. The minimum atomic E-state index is -0.324. The van der Waals surface area contributed by atoms with Crippen molar-refractivity contribution in [3.05, 3.63) is 83.7 Å². The molecule has 4 rings (SSSR count). The Hall–Kier alpha value is -2.62. The van der Waals surface area contributed by atoms with Gasteiger partial charge in [0.25, 0.3) is 0 Å². The highest BCUT2D eigenvalue weighted by Crippen LogP contribution is 2.30. The van der Waals surface area contributed by atoms with Crippen LogP contribution in [0.15, 0.2) is 66.2 Å². The van der Waals surface area contributed by atoms with Crippen molar-refractivity contribution >= 4 is 29.9 Å². The molecule has 6 nitrogen and oxygen atoms in total. The summed E-state index contributed by atoms with van der Waals surface area (Å²) in [5.41, 5.74) is 3.21. The number of hydrogen-bond acceptors (Lipinski definition) is 3. The molecule has 2 aromatic carbocycles. The van der Waals surface area contributed by atoms with Crippen LogP contribution < -0.4 is 15.4 Å². The van der Waals surface area contributed by atoms with E-state index in [0.29, 0.717) is 30.8 Å². The molecule has 0 bridgehead atoms. The second-order valence-corrected chi connectivity index (χ2v) is 8.29. The van der Waals surface area contributed by atoms with Gasteiger partial charge in [-0.05, 0) is 54.5 Å². The van der Waals surface area contributed by atoms with Crippen LogP contribution in [0, 0.1) is 11.7 Å². The van der Waals surface area contributed by atoms with E-state index in [0.717, 1.165) is 17.7 Å². The number of aliphatic imine (C=N–C) groups is 1. The summed E-state index contributed by atoms with van der Waals surface area (Å²) in [7, 11) is 1.73. The fraction of sp³-hybridized carbons (Fsp3) is 0.360. The Labute approximate surface area is 211 Å². The van der Waals surface area contributed by atoms with Gasteiger partial charge in [0, 0.05) is 32.5 Å². The monoisotopic (exact) mass is 563 g/mol. The molecule has 1 heterocycles. The first-order valence-electron chi connectivity index (χ1n) is 11.0. The summed E-state index contributed by atoms with van der Waals surface area (Å²) in [6, 6.07) is 13.5. The molecule has 0 spiro atoms. The largest absolute Gasteiger partial charge is 0.490 e. The minimum absolute atomic E-state index is 0. The van der Waals surface area contributed by atoms with Crippen LogP contribution in [0.3, 0.4) is 0 Å². The fourth-order valence-corrected chi connectivity index (χ4v) is 3.42. The van der Waals surface area contributed by atoms with E-state index < -0.39 is 0 Å². The van der Waals surface area contributed by atoms with E-state index >= 15 is 0 Å². The van der Waals surface area contributed by atoms with Gasteiger partial charge in [0.2, 0.25) is 0 Å². The molecule has 1 unspecified atom stereocenters. The number of aromatic nitrogens is 2. The summed E-state index contributed by atoms with van der Waals surface area (Å²) >= 11 is 0. The second-order valence-electron chi connectivity index (χ2n) is 8.29. The molecule has 0 saturated heterocycles. The standard InChI is InChI=1S/C25H30FN5O.HI/c1-18(22-9-10-24(23(26)13-22)32-16-21-7-8-21)30-25(27-2)29-14-19-3-5-20(6-4-19)15-31-12-11-28-17-31;/h3-6,9-13,17-18,21H,7-8,14-16H2,1-2H3,(H2,27,29,30);1H. The summed E-state index contributed by atoms with van der Waals surface area (Å²) in [5.74, 6) is 1.26. The normalized spacial score (nSPS) is 14.3. The summed E-state index contributed by atoms with van der Waals surface area (Å²) < 4.78 is 22.0. The predicted octanol–water partition coefficient (Wildman–Crippen LogP) is 4.90. The van der Waals surface area contributed by atoms with Crippen molar-refractivity contribution in [2.75, 3.05) is 13.7 Å². The first-order chi connectivity index (χ1) is 15.6. The molecule has 8 heteroatoms. The molecule has 2 N–H and O–H groups in total. The minimum Gasteiger partial charge on any atom is -0.490 e. The van der Waals surface area contributed by atoms with Crippen molar-refractivity contribution in [2.45, 2.75) is 38.9 Å². The molecule has 3 aromatic rings. The average Bonchev–Trinajstić information content (AvgIpc) is 3.50. The summed E-state index contributed by atoms with van der Waals surface area (Å²) in [4.78, 5) is 8.37. The van der Waals surface area contributed by atoms with Crippen LogP contribution in [-0.2, 0) is 13.1 Å². The molecule has 1 aliphatic carbocycles. The van der Waals surface area contributed by atoms with Crippen molar-refractivity contribution < 1.29 is 9.13 Å². The van der Waals surface area contributed by atoms with Crippen molar-refractivity contribution in [2.24, 2.45) is 10.9 Å². The number of ether oxygens (including phenoxy) is 1. The molecular formula is C25H31FIN5O. The number of halogens is 2. The van der Waals surface area contributed by atoms with E-state index in [9.17, 15) is 4.39 Å². The van der Waals surface area contributed by atoms with E-state index in [1.165, 1.54) is 24.5 Å². The maximum absolute atomic E-state index is 14.4. The third kappa shape index (κ3) is 7.45. The van der Waals surface area contributed by atoms with Gasteiger partial charge in [0.15, 0.2) is 17.5 Å². The number of imidazole rings is 1.